The fourth-order valence-electron chi connectivity index (χ4n) is 2.25. The van der Waals surface area contributed by atoms with Crippen molar-refractivity contribution in [2.24, 2.45) is 5.73 Å². The summed E-state index contributed by atoms with van der Waals surface area (Å²) >= 11 is 0. The average Bonchev–Trinajstić information content (AvgIpc) is 2.53. The minimum atomic E-state index is -0.576. The molecule has 0 fully saturated rings. The van der Waals surface area contributed by atoms with Crippen molar-refractivity contribution in [1.82, 2.24) is 0 Å². The van der Waals surface area contributed by atoms with E-state index >= 15 is 0 Å². The van der Waals surface area contributed by atoms with Gasteiger partial charge in [-0.1, -0.05) is 57.2 Å². The van der Waals surface area contributed by atoms with Crippen molar-refractivity contribution < 1.29 is 9.59 Å². The van der Waals surface area contributed by atoms with Crippen LogP contribution in [0.1, 0.15) is 42.3 Å². The number of hydrogen-bond acceptors (Lipinski definition) is 2. The maximum absolute atomic E-state index is 12.0. The van der Waals surface area contributed by atoms with Crippen molar-refractivity contribution in [3.8, 4) is 0 Å². The Morgan fingerprint density at radius 1 is 1.00 bits per heavy atom. The molecule has 124 valence electrons. The third-order valence-corrected chi connectivity index (χ3v) is 3.65. The number of amides is 2. The van der Waals surface area contributed by atoms with Crippen LogP contribution in [-0.2, 0) is 10.2 Å². The van der Waals surface area contributed by atoms with E-state index < -0.39 is 5.91 Å². The number of hydrogen-bond donors (Lipinski definition) is 2. The predicted octanol–water partition coefficient (Wildman–Crippen LogP) is 3.73. The number of benzene rings is 2. The van der Waals surface area contributed by atoms with Crippen molar-refractivity contribution in [2.45, 2.75) is 26.2 Å². The minimum absolute atomic E-state index is 0.0953. The number of carbonyl (C=O) groups excluding carboxylic acids is 2. The van der Waals surface area contributed by atoms with E-state index in [2.05, 4.69) is 38.2 Å². The zero-order chi connectivity index (χ0) is 17.7. The van der Waals surface area contributed by atoms with Crippen LogP contribution < -0.4 is 11.1 Å². The average molecular weight is 322 g/mol. The lowest BCUT2D eigenvalue weighted by atomic mass is 9.87. The number of anilines is 1. The molecule has 0 aliphatic heterocycles. The molecule has 0 aromatic heterocycles. The number of para-hydroxylation sites is 1. The van der Waals surface area contributed by atoms with Gasteiger partial charge in [-0.3, -0.25) is 9.59 Å². The van der Waals surface area contributed by atoms with Crippen LogP contribution in [0.5, 0.6) is 0 Å². The van der Waals surface area contributed by atoms with Gasteiger partial charge in [0.2, 0.25) is 5.91 Å². The molecule has 3 N–H and O–H groups in total. The van der Waals surface area contributed by atoms with Gasteiger partial charge in [-0.2, -0.15) is 0 Å². The van der Waals surface area contributed by atoms with Crippen LogP contribution in [0, 0.1) is 0 Å². The second-order valence-corrected chi connectivity index (χ2v) is 6.60. The van der Waals surface area contributed by atoms with Crippen LogP contribution in [-0.4, -0.2) is 11.8 Å². The first-order valence-electron chi connectivity index (χ1n) is 7.76. The Kier molecular flexibility index (Phi) is 5.19. The molecule has 0 saturated carbocycles. The topological polar surface area (TPSA) is 72.2 Å². The Balaban J connectivity index is 2.07. The minimum Gasteiger partial charge on any atom is -0.366 e. The molecule has 4 nitrogen and oxygen atoms in total. The molecule has 2 amide bonds. The van der Waals surface area contributed by atoms with E-state index in [0.29, 0.717) is 5.69 Å². The van der Waals surface area contributed by atoms with E-state index in [9.17, 15) is 9.59 Å². The molecular formula is C20H22N2O2. The molecule has 0 unspecified atom stereocenters. The van der Waals surface area contributed by atoms with Gasteiger partial charge < -0.3 is 11.1 Å². The molecule has 2 rings (SSSR count). The smallest absolute Gasteiger partial charge is 0.250 e. The van der Waals surface area contributed by atoms with E-state index in [0.717, 1.165) is 5.56 Å². The van der Waals surface area contributed by atoms with Gasteiger partial charge in [0.1, 0.15) is 0 Å². The molecule has 0 saturated heterocycles. The van der Waals surface area contributed by atoms with Gasteiger partial charge in [-0.15, -0.1) is 0 Å². The maximum Gasteiger partial charge on any atom is 0.250 e. The van der Waals surface area contributed by atoms with Gasteiger partial charge in [-0.05, 0) is 34.8 Å². The Labute approximate surface area is 142 Å². The van der Waals surface area contributed by atoms with Crippen molar-refractivity contribution in [1.29, 1.82) is 0 Å². The summed E-state index contributed by atoms with van der Waals surface area (Å²) in [5.74, 6) is -0.892. The van der Waals surface area contributed by atoms with E-state index in [1.165, 1.54) is 11.6 Å². The molecule has 0 aliphatic rings. The summed E-state index contributed by atoms with van der Waals surface area (Å²) in [6, 6.07) is 14.7. The number of primary amides is 1. The van der Waals surface area contributed by atoms with Gasteiger partial charge in [0.05, 0.1) is 11.3 Å². The first-order chi connectivity index (χ1) is 11.3. The summed E-state index contributed by atoms with van der Waals surface area (Å²) in [6.07, 6.45) is 3.17. The van der Waals surface area contributed by atoms with Gasteiger partial charge in [0.25, 0.3) is 5.91 Å². The highest BCUT2D eigenvalue weighted by Gasteiger charge is 2.12. The fraction of sp³-hybridized carbons (Fsp3) is 0.200. The normalized spacial score (nSPS) is 11.5. The summed E-state index contributed by atoms with van der Waals surface area (Å²) in [7, 11) is 0. The van der Waals surface area contributed by atoms with Crippen LogP contribution in [0.25, 0.3) is 6.08 Å². The molecule has 0 bridgehead atoms. The number of nitrogens with two attached hydrogens (primary N) is 1. The first kappa shape index (κ1) is 17.5. The van der Waals surface area contributed by atoms with E-state index in [1.54, 1.807) is 30.3 Å². The largest absolute Gasteiger partial charge is 0.366 e. The molecule has 24 heavy (non-hydrogen) atoms. The summed E-state index contributed by atoms with van der Waals surface area (Å²) in [4.78, 5) is 23.4. The second kappa shape index (κ2) is 7.13. The monoisotopic (exact) mass is 322 g/mol. The van der Waals surface area contributed by atoms with Crippen molar-refractivity contribution in [2.75, 3.05) is 5.32 Å². The molecule has 0 radical (unpaired) electrons. The third kappa shape index (κ3) is 4.56. The summed E-state index contributed by atoms with van der Waals surface area (Å²) < 4.78 is 0. The summed E-state index contributed by atoms with van der Waals surface area (Å²) in [5, 5.41) is 2.67. The molecule has 2 aromatic rings. The zero-order valence-electron chi connectivity index (χ0n) is 14.2. The Morgan fingerprint density at radius 2 is 1.62 bits per heavy atom. The summed E-state index contributed by atoms with van der Waals surface area (Å²) in [5.41, 5.74) is 8.25. The van der Waals surface area contributed by atoms with E-state index in [-0.39, 0.29) is 16.9 Å². The summed E-state index contributed by atoms with van der Waals surface area (Å²) in [6.45, 7) is 6.46. The van der Waals surface area contributed by atoms with Gasteiger partial charge in [0.15, 0.2) is 0 Å². The van der Waals surface area contributed by atoms with Crippen molar-refractivity contribution in [3.63, 3.8) is 0 Å². The lowest BCUT2D eigenvalue weighted by Gasteiger charge is -2.18. The van der Waals surface area contributed by atoms with Crippen LogP contribution in [0.2, 0.25) is 0 Å². The Hall–Kier alpha value is -2.88. The molecule has 0 heterocycles. The maximum atomic E-state index is 12.0. The molecule has 0 atom stereocenters. The number of rotatable bonds is 4. The molecule has 2 aromatic carbocycles. The lowest BCUT2D eigenvalue weighted by molar-refractivity contribution is -0.111. The number of nitrogens with one attached hydrogen (secondary N) is 1. The third-order valence-electron chi connectivity index (χ3n) is 3.65. The highest BCUT2D eigenvalue weighted by Crippen LogP contribution is 2.22. The highest BCUT2D eigenvalue weighted by atomic mass is 16.2. The van der Waals surface area contributed by atoms with Gasteiger partial charge in [-0.25, -0.2) is 0 Å². The van der Waals surface area contributed by atoms with Gasteiger partial charge in [0, 0.05) is 6.08 Å². The highest BCUT2D eigenvalue weighted by molar-refractivity contribution is 6.07. The van der Waals surface area contributed by atoms with Crippen LogP contribution in [0.4, 0.5) is 5.69 Å². The lowest BCUT2D eigenvalue weighted by Crippen LogP contribution is -2.16. The van der Waals surface area contributed by atoms with Gasteiger partial charge >= 0.3 is 0 Å². The first-order valence-corrected chi connectivity index (χ1v) is 7.76. The standard InChI is InChI=1S/C20H22N2O2/c1-20(2,3)15-11-8-14(9-12-15)10-13-18(23)22-17-7-5-4-6-16(17)19(21)24/h4-13H,1-3H3,(H2,21,24)(H,22,23). The Bertz CT molecular complexity index is 769. The molecular weight excluding hydrogens is 300 g/mol. The quantitative estimate of drug-likeness (QED) is 0.842. The van der Waals surface area contributed by atoms with E-state index in [4.69, 9.17) is 5.73 Å². The molecule has 4 heteroatoms. The predicted molar refractivity (Wildman–Crippen MR) is 97.8 cm³/mol. The van der Waals surface area contributed by atoms with Crippen LogP contribution >= 0.6 is 0 Å². The van der Waals surface area contributed by atoms with Crippen molar-refractivity contribution in [3.05, 3.63) is 71.3 Å². The zero-order valence-corrected chi connectivity index (χ0v) is 14.2. The molecule has 0 aliphatic carbocycles. The SMILES string of the molecule is CC(C)(C)c1ccc(C=CC(=O)Nc2ccccc2C(N)=O)cc1. The Morgan fingerprint density at radius 3 is 2.21 bits per heavy atom. The van der Waals surface area contributed by atoms with Crippen molar-refractivity contribution >= 4 is 23.6 Å². The fourth-order valence-corrected chi connectivity index (χ4v) is 2.25. The van der Waals surface area contributed by atoms with Crippen LogP contribution in [0.3, 0.4) is 0 Å². The molecule has 0 spiro atoms. The van der Waals surface area contributed by atoms with Crippen LogP contribution in [0.15, 0.2) is 54.6 Å². The van der Waals surface area contributed by atoms with E-state index in [1.807, 2.05) is 12.1 Å². The number of carbonyl (C=O) groups is 2. The second-order valence-electron chi connectivity index (χ2n) is 6.60.